The van der Waals surface area contributed by atoms with Crippen molar-refractivity contribution in [3.8, 4) is 0 Å². The number of rotatable bonds is 5. The molecule has 1 aromatic heterocycles. The molecule has 0 saturated carbocycles. The van der Waals surface area contributed by atoms with Crippen LogP contribution in [-0.4, -0.2) is 16.3 Å². The van der Waals surface area contributed by atoms with Crippen LogP contribution >= 0.6 is 0 Å². The van der Waals surface area contributed by atoms with Gasteiger partial charge in [0.1, 0.15) is 18.0 Å². The summed E-state index contributed by atoms with van der Waals surface area (Å²) in [5, 5.41) is 7.24. The van der Waals surface area contributed by atoms with Gasteiger partial charge in [-0.25, -0.2) is 4.63 Å². The highest BCUT2D eigenvalue weighted by atomic mass is 16.6. The van der Waals surface area contributed by atoms with Crippen LogP contribution < -0.4 is 5.73 Å². The van der Waals surface area contributed by atoms with E-state index in [0.29, 0.717) is 29.9 Å². The van der Waals surface area contributed by atoms with E-state index in [1.165, 1.54) is 0 Å². The Bertz CT molecular complexity index is 566. The van der Waals surface area contributed by atoms with Gasteiger partial charge in [-0.15, -0.1) is 0 Å². The fraction of sp³-hybridized carbons (Fsp3) is 0.308. The van der Waals surface area contributed by atoms with Crippen LogP contribution in [0, 0.1) is 6.92 Å². The Morgan fingerprint density at radius 1 is 1.42 bits per heavy atom. The summed E-state index contributed by atoms with van der Waals surface area (Å²) in [6.45, 7) is 1.83. The fourth-order valence-electron chi connectivity index (χ4n) is 1.60. The minimum absolute atomic E-state index is 0.0884. The molecule has 0 spiro atoms. The highest BCUT2D eigenvalue weighted by molar-refractivity contribution is 5.69. The average Bonchev–Trinajstić information content (AvgIpc) is 2.80. The molecule has 0 unspecified atom stereocenters. The molecule has 0 aliphatic rings. The molecule has 0 aliphatic carbocycles. The van der Waals surface area contributed by atoms with E-state index in [1.807, 2.05) is 24.3 Å². The Morgan fingerprint density at radius 2 is 2.26 bits per heavy atom. The Hall–Kier alpha value is -2.37. The summed E-state index contributed by atoms with van der Waals surface area (Å²) in [6.07, 6.45) is 0.897. The smallest absolute Gasteiger partial charge is 0.306 e. The van der Waals surface area contributed by atoms with Crippen LogP contribution in [0.2, 0.25) is 0 Å². The lowest BCUT2D eigenvalue weighted by atomic mass is 10.1. The second-order valence-corrected chi connectivity index (χ2v) is 4.20. The lowest BCUT2D eigenvalue weighted by Gasteiger charge is -2.04. The first-order chi connectivity index (χ1) is 9.15. The Labute approximate surface area is 110 Å². The van der Waals surface area contributed by atoms with Crippen molar-refractivity contribution in [3.05, 3.63) is 41.2 Å². The lowest BCUT2D eigenvalue weighted by molar-refractivity contribution is -0.145. The summed E-state index contributed by atoms with van der Waals surface area (Å²) in [5.74, 6) is -0.287. The summed E-state index contributed by atoms with van der Waals surface area (Å²) in [5.41, 5.74) is 8.53. The topological polar surface area (TPSA) is 91.2 Å². The molecule has 1 heterocycles. The minimum atomic E-state index is -0.287. The molecule has 0 saturated heterocycles. The molecule has 0 amide bonds. The molecule has 0 bridgehead atoms. The number of hydrogen-bond acceptors (Lipinski definition) is 6. The fourth-order valence-corrected chi connectivity index (χ4v) is 1.60. The molecule has 6 heteroatoms. The molecule has 6 nitrogen and oxygen atoms in total. The van der Waals surface area contributed by atoms with Crippen LogP contribution in [0.5, 0.6) is 0 Å². The van der Waals surface area contributed by atoms with Crippen molar-refractivity contribution in [1.29, 1.82) is 0 Å². The SMILES string of the molecule is Cc1nonc1COC(=O)CCc1cccc(N)c1. The van der Waals surface area contributed by atoms with Crippen molar-refractivity contribution in [2.45, 2.75) is 26.4 Å². The van der Waals surface area contributed by atoms with Gasteiger partial charge in [0.15, 0.2) is 0 Å². The molecular formula is C13H15N3O3. The van der Waals surface area contributed by atoms with Crippen LogP contribution in [0.15, 0.2) is 28.9 Å². The number of benzene rings is 1. The monoisotopic (exact) mass is 261 g/mol. The van der Waals surface area contributed by atoms with Gasteiger partial charge in [-0.05, 0) is 31.0 Å². The number of aryl methyl sites for hydroxylation is 2. The Balaban J connectivity index is 1.77. The molecule has 100 valence electrons. The molecule has 2 aromatic rings. The maximum Gasteiger partial charge on any atom is 0.306 e. The van der Waals surface area contributed by atoms with E-state index in [0.717, 1.165) is 5.56 Å². The van der Waals surface area contributed by atoms with E-state index in [-0.39, 0.29) is 12.6 Å². The predicted molar refractivity (Wildman–Crippen MR) is 68.0 cm³/mol. The zero-order valence-electron chi connectivity index (χ0n) is 10.6. The van der Waals surface area contributed by atoms with Crippen LogP contribution in [0.3, 0.4) is 0 Å². The summed E-state index contributed by atoms with van der Waals surface area (Å²) < 4.78 is 9.60. The second-order valence-electron chi connectivity index (χ2n) is 4.20. The van der Waals surface area contributed by atoms with Crippen LogP contribution in [-0.2, 0) is 22.6 Å². The summed E-state index contributed by atoms with van der Waals surface area (Å²) in [6, 6.07) is 7.44. The number of anilines is 1. The Morgan fingerprint density at radius 3 is 2.95 bits per heavy atom. The molecule has 0 atom stereocenters. The van der Waals surface area contributed by atoms with Gasteiger partial charge in [0.2, 0.25) is 0 Å². The number of carbonyl (C=O) groups is 1. The largest absolute Gasteiger partial charge is 0.459 e. The predicted octanol–water partition coefficient (Wildman–Crippen LogP) is 1.64. The number of esters is 1. The standard InChI is InChI=1S/C13H15N3O3/c1-9-12(16-19-15-9)8-18-13(17)6-5-10-3-2-4-11(14)7-10/h2-4,7H,5-6,8,14H2,1H3. The van der Waals surface area contributed by atoms with Crippen molar-refractivity contribution in [1.82, 2.24) is 10.3 Å². The number of hydrogen-bond donors (Lipinski definition) is 1. The second kappa shape index (κ2) is 5.99. The lowest BCUT2D eigenvalue weighted by Crippen LogP contribution is -2.07. The van der Waals surface area contributed by atoms with E-state index in [9.17, 15) is 4.79 Å². The first-order valence-corrected chi connectivity index (χ1v) is 5.93. The van der Waals surface area contributed by atoms with Crippen molar-refractivity contribution < 1.29 is 14.2 Å². The van der Waals surface area contributed by atoms with Gasteiger partial charge in [0.25, 0.3) is 0 Å². The maximum absolute atomic E-state index is 11.6. The van der Waals surface area contributed by atoms with Gasteiger partial charge in [0, 0.05) is 12.1 Å². The number of ether oxygens (including phenoxy) is 1. The van der Waals surface area contributed by atoms with Gasteiger partial charge >= 0.3 is 5.97 Å². The maximum atomic E-state index is 11.6. The number of aromatic nitrogens is 2. The van der Waals surface area contributed by atoms with E-state index >= 15 is 0 Å². The average molecular weight is 261 g/mol. The minimum Gasteiger partial charge on any atom is -0.459 e. The van der Waals surface area contributed by atoms with Gasteiger partial charge < -0.3 is 10.5 Å². The van der Waals surface area contributed by atoms with Gasteiger partial charge in [-0.3, -0.25) is 4.79 Å². The molecular weight excluding hydrogens is 246 g/mol. The summed E-state index contributed by atoms with van der Waals surface area (Å²) >= 11 is 0. The third-order valence-corrected chi connectivity index (χ3v) is 2.69. The van der Waals surface area contributed by atoms with Crippen LogP contribution in [0.1, 0.15) is 23.4 Å². The number of carbonyl (C=O) groups excluding carboxylic acids is 1. The van der Waals surface area contributed by atoms with Crippen molar-refractivity contribution in [2.24, 2.45) is 0 Å². The molecule has 0 aliphatic heterocycles. The third-order valence-electron chi connectivity index (χ3n) is 2.69. The normalized spacial score (nSPS) is 10.4. The molecule has 0 fully saturated rings. The van der Waals surface area contributed by atoms with Crippen LogP contribution in [0.25, 0.3) is 0 Å². The van der Waals surface area contributed by atoms with E-state index in [1.54, 1.807) is 6.92 Å². The van der Waals surface area contributed by atoms with Gasteiger partial charge in [-0.1, -0.05) is 22.4 Å². The summed E-state index contributed by atoms with van der Waals surface area (Å²) in [4.78, 5) is 11.6. The van der Waals surface area contributed by atoms with Crippen molar-refractivity contribution in [3.63, 3.8) is 0 Å². The molecule has 2 rings (SSSR count). The molecule has 0 radical (unpaired) electrons. The third kappa shape index (κ3) is 3.80. The van der Waals surface area contributed by atoms with Gasteiger partial charge in [-0.2, -0.15) is 0 Å². The highest BCUT2D eigenvalue weighted by Gasteiger charge is 2.09. The van der Waals surface area contributed by atoms with E-state index in [2.05, 4.69) is 14.9 Å². The zero-order chi connectivity index (χ0) is 13.7. The highest BCUT2D eigenvalue weighted by Crippen LogP contribution is 2.10. The zero-order valence-corrected chi connectivity index (χ0v) is 10.6. The first-order valence-electron chi connectivity index (χ1n) is 5.93. The Kier molecular flexibility index (Phi) is 4.12. The molecule has 19 heavy (non-hydrogen) atoms. The van der Waals surface area contributed by atoms with E-state index < -0.39 is 0 Å². The number of nitrogens with zero attached hydrogens (tertiary/aromatic N) is 2. The van der Waals surface area contributed by atoms with Crippen molar-refractivity contribution in [2.75, 3.05) is 5.73 Å². The number of nitrogen functional groups attached to an aromatic ring is 1. The summed E-state index contributed by atoms with van der Waals surface area (Å²) in [7, 11) is 0. The van der Waals surface area contributed by atoms with E-state index in [4.69, 9.17) is 10.5 Å². The van der Waals surface area contributed by atoms with Crippen LogP contribution in [0.4, 0.5) is 5.69 Å². The van der Waals surface area contributed by atoms with Crippen molar-refractivity contribution >= 4 is 11.7 Å². The first kappa shape index (κ1) is 13.1. The van der Waals surface area contributed by atoms with Gasteiger partial charge in [0.05, 0.1) is 0 Å². The quantitative estimate of drug-likeness (QED) is 0.649. The molecule has 2 N–H and O–H groups in total. The number of nitrogens with two attached hydrogens (primary N) is 1. The molecule has 1 aromatic carbocycles.